The highest BCUT2D eigenvalue weighted by Crippen LogP contribution is 2.38. The van der Waals surface area contributed by atoms with Crippen molar-refractivity contribution < 1.29 is 19.1 Å². The van der Waals surface area contributed by atoms with E-state index in [-0.39, 0.29) is 18.0 Å². The standard InChI is InChI=1S/C20H20O4/c1-20(2)9-10-23-18-11-16(7-8-17(18)20)19(22)24-13-15-5-3-14(12-21)4-6-15/h3-8,11-12H,9-10,13H2,1-2H3. The smallest absolute Gasteiger partial charge is 0.338 e. The molecule has 0 aliphatic carbocycles. The van der Waals surface area contributed by atoms with Crippen LogP contribution in [0.3, 0.4) is 0 Å². The maximum Gasteiger partial charge on any atom is 0.338 e. The van der Waals surface area contributed by atoms with Gasteiger partial charge in [-0.3, -0.25) is 4.79 Å². The summed E-state index contributed by atoms with van der Waals surface area (Å²) in [5, 5.41) is 0. The van der Waals surface area contributed by atoms with Gasteiger partial charge >= 0.3 is 5.97 Å². The van der Waals surface area contributed by atoms with Crippen molar-refractivity contribution in [3.63, 3.8) is 0 Å². The van der Waals surface area contributed by atoms with Gasteiger partial charge in [-0.2, -0.15) is 0 Å². The molecule has 1 aliphatic heterocycles. The molecule has 0 radical (unpaired) electrons. The quantitative estimate of drug-likeness (QED) is 0.632. The molecule has 0 atom stereocenters. The first kappa shape index (κ1) is 16.2. The molecule has 3 rings (SSSR count). The van der Waals surface area contributed by atoms with Crippen LogP contribution in [-0.2, 0) is 16.8 Å². The highest BCUT2D eigenvalue weighted by molar-refractivity contribution is 5.90. The molecule has 0 N–H and O–H groups in total. The van der Waals surface area contributed by atoms with Gasteiger partial charge in [-0.1, -0.05) is 44.2 Å². The number of hydrogen-bond donors (Lipinski definition) is 0. The Bertz CT molecular complexity index is 760. The Kier molecular flexibility index (Phi) is 4.38. The number of benzene rings is 2. The zero-order valence-electron chi connectivity index (χ0n) is 13.9. The Morgan fingerprint density at radius 2 is 1.96 bits per heavy atom. The van der Waals surface area contributed by atoms with Gasteiger partial charge in [0.05, 0.1) is 12.2 Å². The largest absolute Gasteiger partial charge is 0.493 e. The molecule has 0 amide bonds. The van der Waals surface area contributed by atoms with Crippen LogP contribution >= 0.6 is 0 Å². The van der Waals surface area contributed by atoms with Gasteiger partial charge in [-0.25, -0.2) is 4.79 Å². The predicted octanol–water partition coefficient (Wildman–Crippen LogP) is 3.92. The van der Waals surface area contributed by atoms with Crippen LogP contribution in [-0.4, -0.2) is 18.9 Å². The molecule has 1 aliphatic rings. The summed E-state index contributed by atoms with van der Waals surface area (Å²) in [6.07, 6.45) is 1.74. The molecule has 0 fully saturated rings. The van der Waals surface area contributed by atoms with Crippen molar-refractivity contribution in [2.24, 2.45) is 0 Å². The summed E-state index contributed by atoms with van der Waals surface area (Å²) in [6, 6.07) is 12.4. The average molecular weight is 324 g/mol. The fraction of sp³-hybridized carbons (Fsp3) is 0.300. The van der Waals surface area contributed by atoms with Gasteiger partial charge in [-0.05, 0) is 35.1 Å². The molecule has 24 heavy (non-hydrogen) atoms. The molecule has 4 nitrogen and oxygen atoms in total. The van der Waals surface area contributed by atoms with Crippen molar-refractivity contribution in [1.29, 1.82) is 0 Å². The normalized spacial score (nSPS) is 15.1. The first-order valence-electron chi connectivity index (χ1n) is 7.98. The lowest BCUT2D eigenvalue weighted by Crippen LogP contribution is -2.26. The molecule has 4 heteroatoms. The number of hydrogen-bond acceptors (Lipinski definition) is 4. The maximum absolute atomic E-state index is 12.3. The molecule has 0 unspecified atom stereocenters. The number of rotatable bonds is 4. The third-order valence-electron chi connectivity index (χ3n) is 4.42. The molecule has 0 saturated carbocycles. The number of carbonyl (C=O) groups is 2. The minimum absolute atomic E-state index is 0.0519. The lowest BCUT2D eigenvalue weighted by molar-refractivity contribution is 0.0471. The Balaban J connectivity index is 1.70. The van der Waals surface area contributed by atoms with Gasteiger partial charge < -0.3 is 9.47 Å². The Labute approximate surface area is 141 Å². The molecule has 2 aromatic rings. The van der Waals surface area contributed by atoms with Crippen molar-refractivity contribution in [3.8, 4) is 5.75 Å². The summed E-state index contributed by atoms with van der Waals surface area (Å²) in [6.45, 7) is 5.17. The van der Waals surface area contributed by atoms with E-state index in [2.05, 4.69) is 13.8 Å². The fourth-order valence-corrected chi connectivity index (χ4v) is 2.80. The second-order valence-electron chi connectivity index (χ2n) is 6.63. The predicted molar refractivity (Wildman–Crippen MR) is 90.5 cm³/mol. The molecule has 2 aromatic carbocycles. The maximum atomic E-state index is 12.3. The second-order valence-corrected chi connectivity index (χ2v) is 6.63. The van der Waals surface area contributed by atoms with Gasteiger partial charge in [0.1, 0.15) is 18.6 Å². The van der Waals surface area contributed by atoms with Crippen molar-refractivity contribution in [3.05, 3.63) is 64.7 Å². The summed E-state index contributed by atoms with van der Waals surface area (Å²) >= 11 is 0. The monoisotopic (exact) mass is 324 g/mol. The van der Waals surface area contributed by atoms with Gasteiger partial charge in [0.25, 0.3) is 0 Å². The number of ether oxygens (including phenoxy) is 2. The number of esters is 1. The van der Waals surface area contributed by atoms with Crippen molar-refractivity contribution in [2.75, 3.05) is 6.61 Å². The van der Waals surface area contributed by atoms with E-state index in [0.717, 1.165) is 29.6 Å². The SMILES string of the molecule is CC1(C)CCOc2cc(C(=O)OCc3ccc(C=O)cc3)ccc21. The molecule has 124 valence electrons. The third kappa shape index (κ3) is 3.32. The van der Waals surface area contributed by atoms with Crippen LogP contribution in [0.25, 0.3) is 0 Å². The van der Waals surface area contributed by atoms with E-state index in [4.69, 9.17) is 9.47 Å². The van der Waals surface area contributed by atoms with Crippen molar-refractivity contribution in [1.82, 2.24) is 0 Å². The van der Waals surface area contributed by atoms with E-state index < -0.39 is 0 Å². The van der Waals surface area contributed by atoms with Crippen LogP contribution in [0.15, 0.2) is 42.5 Å². The van der Waals surface area contributed by atoms with E-state index in [0.29, 0.717) is 17.7 Å². The Hall–Kier alpha value is -2.62. The molecule has 0 bridgehead atoms. The first-order chi connectivity index (χ1) is 11.5. The van der Waals surface area contributed by atoms with Crippen LogP contribution in [0.1, 0.15) is 52.1 Å². The topological polar surface area (TPSA) is 52.6 Å². The first-order valence-corrected chi connectivity index (χ1v) is 7.98. The summed E-state index contributed by atoms with van der Waals surface area (Å²) in [4.78, 5) is 22.9. The minimum atomic E-state index is -0.385. The molecule has 0 spiro atoms. The van der Waals surface area contributed by atoms with E-state index in [1.54, 1.807) is 36.4 Å². The van der Waals surface area contributed by atoms with Crippen molar-refractivity contribution >= 4 is 12.3 Å². The zero-order chi connectivity index (χ0) is 17.2. The van der Waals surface area contributed by atoms with E-state index >= 15 is 0 Å². The van der Waals surface area contributed by atoms with Crippen molar-refractivity contribution in [2.45, 2.75) is 32.3 Å². The van der Waals surface area contributed by atoms with E-state index in [9.17, 15) is 9.59 Å². The van der Waals surface area contributed by atoms with E-state index in [1.807, 2.05) is 6.07 Å². The minimum Gasteiger partial charge on any atom is -0.493 e. The van der Waals surface area contributed by atoms with Gasteiger partial charge in [0, 0.05) is 5.56 Å². The highest BCUT2D eigenvalue weighted by atomic mass is 16.5. The molecular formula is C20H20O4. The number of aldehydes is 1. The van der Waals surface area contributed by atoms with Crippen LogP contribution in [0.5, 0.6) is 5.75 Å². The molecule has 0 aromatic heterocycles. The molecule has 1 heterocycles. The molecule has 0 saturated heterocycles. The average Bonchev–Trinajstić information content (AvgIpc) is 2.59. The summed E-state index contributed by atoms with van der Waals surface area (Å²) in [5.41, 5.74) is 3.09. The van der Waals surface area contributed by atoms with Gasteiger partial charge in [0.2, 0.25) is 0 Å². The van der Waals surface area contributed by atoms with Crippen LogP contribution < -0.4 is 4.74 Å². The summed E-state index contributed by atoms with van der Waals surface area (Å²) < 4.78 is 11.0. The van der Waals surface area contributed by atoms with Crippen LogP contribution in [0.2, 0.25) is 0 Å². The Morgan fingerprint density at radius 1 is 1.21 bits per heavy atom. The van der Waals surface area contributed by atoms with Gasteiger partial charge in [-0.15, -0.1) is 0 Å². The van der Waals surface area contributed by atoms with Gasteiger partial charge in [0.15, 0.2) is 0 Å². The highest BCUT2D eigenvalue weighted by Gasteiger charge is 2.29. The lowest BCUT2D eigenvalue weighted by Gasteiger charge is -2.32. The summed E-state index contributed by atoms with van der Waals surface area (Å²) in [5.74, 6) is 0.375. The summed E-state index contributed by atoms with van der Waals surface area (Å²) in [7, 11) is 0. The van der Waals surface area contributed by atoms with E-state index in [1.165, 1.54) is 0 Å². The fourth-order valence-electron chi connectivity index (χ4n) is 2.80. The van der Waals surface area contributed by atoms with Crippen LogP contribution in [0.4, 0.5) is 0 Å². The second kappa shape index (κ2) is 6.48. The Morgan fingerprint density at radius 3 is 2.67 bits per heavy atom. The lowest BCUT2D eigenvalue weighted by atomic mass is 9.79. The third-order valence-corrected chi connectivity index (χ3v) is 4.42. The number of carbonyl (C=O) groups excluding carboxylic acids is 2. The zero-order valence-corrected chi connectivity index (χ0v) is 13.9. The van der Waals surface area contributed by atoms with Crippen LogP contribution in [0, 0.1) is 0 Å². The number of fused-ring (bicyclic) bond motifs is 1. The molecular weight excluding hydrogens is 304 g/mol.